The first-order valence-corrected chi connectivity index (χ1v) is 8.61. The molecular formula is C19H16N4S. The van der Waals surface area contributed by atoms with Crippen molar-refractivity contribution < 1.29 is 0 Å². The van der Waals surface area contributed by atoms with Gasteiger partial charge in [-0.15, -0.1) is 21.6 Å². The molecule has 4 rings (SSSR count). The Morgan fingerprint density at radius 2 is 1.88 bits per heavy atom. The summed E-state index contributed by atoms with van der Waals surface area (Å²) in [6.07, 6.45) is 1.97. The number of fused-ring (bicyclic) bond motifs is 1. The number of aromatic nitrogens is 2. The van der Waals surface area contributed by atoms with E-state index < -0.39 is 0 Å². The zero-order valence-corrected chi connectivity index (χ0v) is 14.3. The van der Waals surface area contributed by atoms with Crippen molar-refractivity contribution in [2.24, 2.45) is 10.2 Å². The fourth-order valence-corrected chi connectivity index (χ4v) is 3.31. The standard InChI is InChI=1S/C19H16N4S/c1-13-7-5-8-15(14(13)2)21-22-19-18(16-9-6-12-24-16)20-17-10-3-4-11-23(17)19/h3-12H,1-2H3. The average Bonchev–Trinajstić information content (AvgIpc) is 3.23. The van der Waals surface area contributed by atoms with Crippen LogP contribution in [0.25, 0.3) is 16.2 Å². The first kappa shape index (κ1) is 14.8. The predicted molar refractivity (Wildman–Crippen MR) is 98.6 cm³/mol. The van der Waals surface area contributed by atoms with E-state index in [9.17, 15) is 0 Å². The van der Waals surface area contributed by atoms with E-state index in [2.05, 4.69) is 36.2 Å². The van der Waals surface area contributed by atoms with E-state index >= 15 is 0 Å². The lowest BCUT2D eigenvalue weighted by Crippen LogP contribution is -1.82. The molecule has 0 aliphatic rings. The van der Waals surface area contributed by atoms with Crippen LogP contribution in [0, 0.1) is 13.8 Å². The maximum absolute atomic E-state index is 4.73. The Bertz CT molecular complexity index is 1030. The maximum atomic E-state index is 4.73. The molecule has 118 valence electrons. The van der Waals surface area contributed by atoms with Crippen LogP contribution in [0.4, 0.5) is 11.5 Å². The second-order valence-electron chi connectivity index (χ2n) is 5.61. The van der Waals surface area contributed by atoms with Crippen LogP contribution in [0.5, 0.6) is 0 Å². The molecule has 0 saturated heterocycles. The molecule has 4 nitrogen and oxygen atoms in total. The molecule has 0 aliphatic carbocycles. The lowest BCUT2D eigenvalue weighted by molar-refractivity contribution is 1.10. The second-order valence-corrected chi connectivity index (χ2v) is 6.56. The highest BCUT2D eigenvalue weighted by Crippen LogP contribution is 2.35. The third kappa shape index (κ3) is 2.53. The minimum atomic E-state index is 0.758. The number of azo groups is 1. The van der Waals surface area contributed by atoms with Crippen LogP contribution in [-0.4, -0.2) is 9.38 Å². The summed E-state index contributed by atoms with van der Waals surface area (Å²) in [6, 6.07) is 16.1. The monoisotopic (exact) mass is 332 g/mol. The Labute approximate surface area is 144 Å². The molecule has 0 aliphatic heterocycles. The first-order valence-electron chi connectivity index (χ1n) is 7.73. The van der Waals surface area contributed by atoms with E-state index in [-0.39, 0.29) is 0 Å². The average molecular weight is 332 g/mol. The van der Waals surface area contributed by atoms with Gasteiger partial charge in [0.15, 0.2) is 5.82 Å². The first-order chi connectivity index (χ1) is 11.7. The topological polar surface area (TPSA) is 42.0 Å². The van der Waals surface area contributed by atoms with Crippen LogP contribution in [0.3, 0.4) is 0 Å². The van der Waals surface area contributed by atoms with Gasteiger partial charge < -0.3 is 0 Å². The molecule has 4 aromatic rings. The molecule has 0 N–H and O–H groups in total. The smallest absolute Gasteiger partial charge is 0.188 e. The van der Waals surface area contributed by atoms with Gasteiger partial charge in [0.2, 0.25) is 0 Å². The normalized spacial score (nSPS) is 11.6. The summed E-state index contributed by atoms with van der Waals surface area (Å²) in [4.78, 5) is 5.82. The van der Waals surface area contributed by atoms with E-state index in [1.807, 2.05) is 52.4 Å². The summed E-state index contributed by atoms with van der Waals surface area (Å²) in [6.45, 7) is 4.15. The molecule has 0 atom stereocenters. The minimum Gasteiger partial charge on any atom is -0.283 e. The molecule has 0 radical (unpaired) electrons. The van der Waals surface area contributed by atoms with Gasteiger partial charge in [-0.05, 0) is 54.6 Å². The van der Waals surface area contributed by atoms with E-state index in [0.717, 1.165) is 33.3 Å². The van der Waals surface area contributed by atoms with Gasteiger partial charge in [-0.2, -0.15) is 0 Å². The summed E-state index contributed by atoms with van der Waals surface area (Å²) in [7, 11) is 0. The van der Waals surface area contributed by atoms with Crippen molar-refractivity contribution in [2.75, 3.05) is 0 Å². The van der Waals surface area contributed by atoms with E-state index in [1.54, 1.807) is 11.3 Å². The Morgan fingerprint density at radius 1 is 0.958 bits per heavy atom. The van der Waals surface area contributed by atoms with Crippen molar-refractivity contribution in [3.63, 3.8) is 0 Å². The molecule has 3 aromatic heterocycles. The van der Waals surface area contributed by atoms with Crippen LogP contribution >= 0.6 is 11.3 Å². The summed E-state index contributed by atoms with van der Waals surface area (Å²) in [5, 5.41) is 11.1. The van der Waals surface area contributed by atoms with Crippen LogP contribution in [0.1, 0.15) is 11.1 Å². The van der Waals surface area contributed by atoms with Crippen LogP contribution in [0.15, 0.2) is 70.3 Å². The number of hydrogen-bond acceptors (Lipinski definition) is 4. The molecule has 3 heterocycles. The Balaban J connectivity index is 1.88. The van der Waals surface area contributed by atoms with E-state index in [1.165, 1.54) is 5.56 Å². The number of rotatable bonds is 3. The quantitative estimate of drug-likeness (QED) is 0.418. The van der Waals surface area contributed by atoms with Gasteiger partial charge in [0.1, 0.15) is 11.3 Å². The number of imidazole rings is 1. The fraction of sp³-hybridized carbons (Fsp3) is 0.105. The van der Waals surface area contributed by atoms with Gasteiger partial charge in [-0.25, -0.2) is 4.98 Å². The molecule has 0 saturated carbocycles. The number of thiophene rings is 1. The zero-order chi connectivity index (χ0) is 16.5. The number of hydrogen-bond donors (Lipinski definition) is 0. The van der Waals surface area contributed by atoms with Gasteiger partial charge in [0, 0.05) is 6.20 Å². The third-order valence-corrected chi connectivity index (χ3v) is 4.96. The van der Waals surface area contributed by atoms with Gasteiger partial charge in [0.05, 0.1) is 10.6 Å². The van der Waals surface area contributed by atoms with Crippen molar-refractivity contribution in [2.45, 2.75) is 13.8 Å². The molecule has 5 heteroatoms. The lowest BCUT2D eigenvalue weighted by Gasteiger charge is -2.02. The molecule has 0 fully saturated rings. The van der Waals surface area contributed by atoms with Crippen molar-refractivity contribution in [3.05, 3.63) is 71.2 Å². The van der Waals surface area contributed by atoms with E-state index in [0.29, 0.717) is 0 Å². The van der Waals surface area contributed by atoms with Gasteiger partial charge in [-0.3, -0.25) is 4.40 Å². The molecule has 0 unspecified atom stereocenters. The van der Waals surface area contributed by atoms with Crippen LogP contribution in [-0.2, 0) is 0 Å². The zero-order valence-electron chi connectivity index (χ0n) is 13.5. The minimum absolute atomic E-state index is 0.758. The van der Waals surface area contributed by atoms with Gasteiger partial charge in [-0.1, -0.05) is 24.3 Å². The Morgan fingerprint density at radius 3 is 2.71 bits per heavy atom. The Hall–Kier alpha value is -2.79. The van der Waals surface area contributed by atoms with Crippen LogP contribution in [0.2, 0.25) is 0 Å². The van der Waals surface area contributed by atoms with Gasteiger partial charge in [0.25, 0.3) is 0 Å². The lowest BCUT2D eigenvalue weighted by atomic mass is 10.1. The van der Waals surface area contributed by atoms with Crippen molar-refractivity contribution in [1.29, 1.82) is 0 Å². The summed E-state index contributed by atoms with van der Waals surface area (Å²) in [5.74, 6) is 0.758. The summed E-state index contributed by atoms with van der Waals surface area (Å²) >= 11 is 1.66. The van der Waals surface area contributed by atoms with Crippen molar-refractivity contribution in [1.82, 2.24) is 9.38 Å². The second kappa shape index (κ2) is 6.02. The number of pyridine rings is 1. The van der Waals surface area contributed by atoms with E-state index in [4.69, 9.17) is 4.98 Å². The molecule has 0 amide bonds. The highest BCUT2D eigenvalue weighted by atomic mass is 32.1. The largest absolute Gasteiger partial charge is 0.283 e. The number of aryl methyl sites for hydroxylation is 1. The predicted octanol–water partition coefficient (Wildman–Crippen LogP) is 6.10. The van der Waals surface area contributed by atoms with Crippen molar-refractivity contribution >= 4 is 28.5 Å². The fourth-order valence-electron chi connectivity index (χ4n) is 2.60. The summed E-state index contributed by atoms with van der Waals surface area (Å²) in [5.41, 5.74) is 4.98. The highest BCUT2D eigenvalue weighted by Gasteiger charge is 2.14. The molecule has 1 aromatic carbocycles. The maximum Gasteiger partial charge on any atom is 0.188 e. The molecule has 0 spiro atoms. The molecule has 24 heavy (non-hydrogen) atoms. The molecule has 0 bridgehead atoms. The van der Waals surface area contributed by atoms with Crippen molar-refractivity contribution in [3.8, 4) is 10.6 Å². The third-order valence-electron chi connectivity index (χ3n) is 4.09. The number of nitrogens with zero attached hydrogens (tertiary/aromatic N) is 4. The molecular weight excluding hydrogens is 316 g/mol. The highest BCUT2D eigenvalue weighted by molar-refractivity contribution is 7.13. The SMILES string of the molecule is Cc1cccc(N=Nc2c(-c3cccs3)nc3ccccn23)c1C. The summed E-state index contributed by atoms with van der Waals surface area (Å²) < 4.78 is 1.98. The van der Waals surface area contributed by atoms with Gasteiger partial charge >= 0.3 is 0 Å². The van der Waals surface area contributed by atoms with Crippen LogP contribution < -0.4 is 0 Å². The number of benzene rings is 1. The Kier molecular flexibility index (Phi) is 3.70.